The van der Waals surface area contributed by atoms with Gasteiger partial charge in [-0.05, 0) is 42.7 Å². The van der Waals surface area contributed by atoms with Gasteiger partial charge in [0.05, 0.1) is 12.1 Å². The minimum Gasteiger partial charge on any atom is -0.390 e. The van der Waals surface area contributed by atoms with Crippen LogP contribution >= 0.6 is 0 Å². The van der Waals surface area contributed by atoms with Crippen molar-refractivity contribution in [2.24, 2.45) is 5.92 Å². The molecule has 0 radical (unpaired) electrons. The summed E-state index contributed by atoms with van der Waals surface area (Å²) < 4.78 is 5.49. The Bertz CT molecular complexity index is 770. The molecule has 1 heterocycles. The zero-order chi connectivity index (χ0) is 25.1. The van der Waals surface area contributed by atoms with E-state index >= 15 is 0 Å². The van der Waals surface area contributed by atoms with Gasteiger partial charge in [0.15, 0.2) is 0 Å². The van der Waals surface area contributed by atoms with Gasteiger partial charge in [0.25, 0.3) is 0 Å². The normalized spacial score (nSPS) is 24.9. The zero-order valence-corrected chi connectivity index (χ0v) is 21.7. The maximum Gasteiger partial charge on any atom is 0.248 e. The number of amides is 2. The van der Waals surface area contributed by atoms with Crippen molar-refractivity contribution >= 4 is 11.8 Å². The molecule has 0 bridgehead atoms. The van der Waals surface area contributed by atoms with Gasteiger partial charge in [-0.3, -0.25) is 9.59 Å². The molecule has 1 aromatic rings. The summed E-state index contributed by atoms with van der Waals surface area (Å²) in [6.45, 7) is 9.80. The summed E-state index contributed by atoms with van der Waals surface area (Å²) in [6, 6.07) is 7.44. The molecule has 3 N–H and O–H groups in total. The molecule has 1 aromatic carbocycles. The molecular weight excluding hydrogens is 430 g/mol. The number of carbonyl (C=O) groups excluding carboxylic acids is 2. The number of nitrogens with one attached hydrogen (secondary N) is 2. The van der Waals surface area contributed by atoms with Crippen molar-refractivity contribution in [1.82, 2.24) is 15.5 Å². The molecular formula is C27H45N3O4. The van der Waals surface area contributed by atoms with Crippen molar-refractivity contribution in [3.05, 3.63) is 35.4 Å². The molecule has 2 amide bonds. The van der Waals surface area contributed by atoms with Crippen LogP contribution in [0.3, 0.4) is 0 Å². The van der Waals surface area contributed by atoms with E-state index < -0.39 is 12.1 Å². The maximum absolute atomic E-state index is 12.9. The second kappa shape index (κ2) is 14.4. The summed E-state index contributed by atoms with van der Waals surface area (Å²) >= 11 is 0. The summed E-state index contributed by atoms with van der Waals surface area (Å²) in [5.74, 6) is 0.359. The number of nitrogens with zero attached hydrogens (tertiary/aromatic N) is 1. The minimum atomic E-state index is -0.730. The topological polar surface area (TPSA) is 90.9 Å². The summed E-state index contributed by atoms with van der Waals surface area (Å²) in [4.78, 5) is 26.7. The molecule has 1 aliphatic heterocycles. The van der Waals surface area contributed by atoms with Crippen molar-refractivity contribution in [3.8, 4) is 0 Å². The lowest BCUT2D eigenvalue weighted by Gasteiger charge is -2.30. The van der Waals surface area contributed by atoms with Crippen molar-refractivity contribution in [3.63, 3.8) is 0 Å². The molecule has 2 rings (SSSR count). The molecule has 0 saturated carbocycles. The quantitative estimate of drug-likeness (QED) is 0.588. The van der Waals surface area contributed by atoms with E-state index in [2.05, 4.69) is 55.7 Å². The van der Waals surface area contributed by atoms with Crippen molar-refractivity contribution in [2.45, 2.75) is 90.4 Å². The smallest absolute Gasteiger partial charge is 0.248 e. The molecule has 192 valence electrons. The molecule has 7 nitrogen and oxygen atoms in total. The molecule has 0 unspecified atom stereocenters. The molecule has 0 spiro atoms. The maximum atomic E-state index is 12.9. The van der Waals surface area contributed by atoms with Gasteiger partial charge in [0.2, 0.25) is 11.8 Å². The van der Waals surface area contributed by atoms with Crippen LogP contribution in [0.5, 0.6) is 0 Å². The van der Waals surface area contributed by atoms with Crippen molar-refractivity contribution < 1.29 is 19.4 Å². The van der Waals surface area contributed by atoms with Crippen LogP contribution in [0, 0.1) is 5.92 Å². The van der Waals surface area contributed by atoms with Gasteiger partial charge >= 0.3 is 0 Å². The largest absolute Gasteiger partial charge is 0.390 e. The van der Waals surface area contributed by atoms with E-state index in [9.17, 15) is 14.7 Å². The highest BCUT2D eigenvalue weighted by Gasteiger charge is 2.28. The predicted molar refractivity (Wildman–Crippen MR) is 135 cm³/mol. The third kappa shape index (κ3) is 9.35. The van der Waals surface area contributed by atoms with E-state index in [1.807, 2.05) is 0 Å². The average Bonchev–Trinajstić information content (AvgIpc) is 2.81. The van der Waals surface area contributed by atoms with Gasteiger partial charge in [-0.2, -0.15) is 0 Å². The minimum absolute atomic E-state index is 0.0154. The third-order valence-corrected chi connectivity index (χ3v) is 6.81. The number of likely N-dealkylation sites (N-methyl/N-ethyl adjacent to an activating group) is 1. The van der Waals surface area contributed by atoms with Gasteiger partial charge in [0, 0.05) is 26.7 Å². The number of aliphatic hydroxyl groups is 1. The molecule has 1 saturated heterocycles. The molecule has 1 aliphatic rings. The summed E-state index contributed by atoms with van der Waals surface area (Å²) in [5.41, 5.74) is 2.47. The first-order valence-corrected chi connectivity index (χ1v) is 12.8. The lowest BCUT2D eigenvalue weighted by molar-refractivity contribution is -0.142. The highest BCUT2D eigenvalue weighted by Crippen LogP contribution is 2.18. The second-order valence-electron chi connectivity index (χ2n) is 10.1. The third-order valence-electron chi connectivity index (χ3n) is 6.81. The molecule has 34 heavy (non-hydrogen) atoms. The summed E-state index contributed by atoms with van der Waals surface area (Å²) in [5, 5.41) is 17.4. The van der Waals surface area contributed by atoms with Crippen LogP contribution in [0.1, 0.15) is 76.8 Å². The number of carbonyl (C=O) groups is 2. The molecule has 1 fully saturated rings. The Kier molecular flexibility index (Phi) is 12.0. The first kappa shape index (κ1) is 28.3. The standard InChI is InChI=1S/C27H45N3O4/c1-19(2)23-12-9-11-22(15-23)16-28-17-25(31)24-14-20(3)10-7-6-8-13-34-18-26(32)30(5)21(4)27(33)29-24/h9,11-12,15,19-21,24-25,28,31H,6-8,10,13-14,16-18H2,1-5H3,(H,29,33)/t20-,21+,24+,25-/m1/s1. The van der Waals surface area contributed by atoms with Crippen molar-refractivity contribution in [1.29, 1.82) is 0 Å². The van der Waals surface area contributed by atoms with Crippen LogP contribution in [-0.2, 0) is 20.9 Å². The van der Waals surface area contributed by atoms with Gasteiger partial charge < -0.3 is 25.4 Å². The van der Waals surface area contributed by atoms with Crippen LogP contribution in [0.25, 0.3) is 0 Å². The van der Waals surface area contributed by atoms with Gasteiger partial charge in [-0.15, -0.1) is 0 Å². The fourth-order valence-corrected chi connectivity index (χ4v) is 4.26. The Labute approximate surface area is 205 Å². The SMILES string of the molecule is CC(C)c1cccc(CNC[C@@H](O)[C@@H]2C[C@H](C)CCCCCOCC(=O)N(C)[C@@H](C)C(=O)N2)c1. The van der Waals surface area contributed by atoms with E-state index in [4.69, 9.17) is 4.74 Å². The van der Waals surface area contributed by atoms with E-state index in [0.29, 0.717) is 38.0 Å². The van der Waals surface area contributed by atoms with Gasteiger partial charge in [-0.25, -0.2) is 0 Å². The van der Waals surface area contributed by atoms with Crippen LogP contribution < -0.4 is 10.6 Å². The highest BCUT2D eigenvalue weighted by atomic mass is 16.5. The fourth-order valence-electron chi connectivity index (χ4n) is 4.26. The zero-order valence-electron chi connectivity index (χ0n) is 21.7. The number of ether oxygens (including phenoxy) is 1. The summed E-state index contributed by atoms with van der Waals surface area (Å²) in [7, 11) is 1.62. The Hall–Kier alpha value is -1.96. The Morgan fingerprint density at radius 1 is 1.21 bits per heavy atom. The molecule has 0 aliphatic carbocycles. The molecule has 4 atom stereocenters. The number of benzene rings is 1. The highest BCUT2D eigenvalue weighted by molar-refractivity contribution is 5.87. The lowest BCUT2D eigenvalue weighted by atomic mass is 9.92. The first-order chi connectivity index (χ1) is 16.2. The van der Waals surface area contributed by atoms with E-state index in [-0.39, 0.29) is 24.5 Å². The van der Waals surface area contributed by atoms with E-state index in [0.717, 1.165) is 25.7 Å². The van der Waals surface area contributed by atoms with Crippen LogP contribution in [0.4, 0.5) is 0 Å². The Balaban J connectivity index is 2.02. The van der Waals surface area contributed by atoms with Gasteiger partial charge in [-0.1, -0.05) is 64.3 Å². The molecule has 0 aromatic heterocycles. The average molecular weight is 476 g/mol. The summed E-state index contributed by atoms with van der Waals surface area (Å²) in [6.07, 6.45) is 4.02. The number of aliphatic hydroxyl groups excluding tert-OH is 1. The first-order valence-electron chi connectivity index (χ1n) is 12.8. The predicted octanol–water partition coefficient (Wildman–Crippen LogP) is 3.21. The number of hydrogen-bond donors (Lipinski definition) is 3. The molecule has 7 heteroatoms. The monoisotopic (exact) mass is 475 g/mol. The van der Waals surface area contributed by atoms with Crippen LogP contribution in [0.15, 0.2) is 24.3 Å². The Morgan fingerprint density at radius 3 is 2.71 bits per heavy atom. The lowest BCUT2D eigenvalue weighted by Crippen LogP contribution is -2.54. The van der Waals surface area contributed by atoms with Gasteiger partial charge in [0.1, 0.15) is 12.6 Å². The second-order valence-corrected chi connectivity index (χ2v) is 10.1. The van der Waals surface area contributed by atoms with Crippen LogP contribution in [0.2, 0.25) is 0 Å². The van der Waals surface area contributed by atoms with Crippen LogP contribution in [-0.4, -0.2) is 66.8 Å². The fraction of sp³-hybridized carbons (Fsp3) is 0.704. The van der Waals surface area contributed by atoms with E-state index in [1.54, 1.807) is 14.0 Å². The Morgan fingerprint density at radius 2 is 1.97 bits per heavy atom. The van der Waals surface area contributed by atoms with Crippen molar-refractivity contribution in [2.75, 3.05) is 26.8 Å². The van der Waals surface area contributed by atoms with E-state index in [1.165, 1.54) is 16.0 Å². The number of rotatable bonds is 6. The number of hydrogen-bond acceptors (Lipinski definition) is 5.